The lowest BCUT2D eigenvalue weighted by Gasteiger charge is -2.48. The van der Waals surface area contributed by atoms with Crippen LogP contribution in [0.2, 0.25) is 0 Å². The Morgan fingerprint density at radius 3 is 2.07 bits per heavy atom. The number of aliphatic hydroxyl groups is 1. The second-order valence-electron chi connectivity index (χ2n) is 6.89. The summed E-state index contributed by atoms with van der Waals surface area (Å²) in [6.07, 6.45) is 0.906. The van der Waals surface area contributed by atoms with Gasteiger partial charge in [-0.3, -0.25) is 0 Å². The van der Waals surface area contributed by atoms with E-state index in [9.17, 15) is 0 Å². The van der Waals surface area contributed by atoms with Crippen molar-refractivity contribution in [2.45, 2.75) is 41.0 Å². The zero-order valence-electron chi connectivity index (χ0n) is 11.0. The van der Waals surface area contributed by atoms with E-state index in [1.165, 1.54) is 13.1 Å². The maximum absolute atomic E-state index is 8.97. The zero-order chi connectivity index (χ0) is 11.7. The molecule has 1 N–H and O–H groups in total. The molecule has 1 rings (SSSR count). The molecule has 2 heteroatoms. The van der Waals surface area contributed by atoms with Crippen molar-refractivity contribution in [2.24, 2.45) is 16.7 Å². The Morgan fingerprint density at radius 1 is 1.13 bits per heavy atom. The van der Waals surface area contributed by atoms with Gasteiger partial charge >= 0.3 is 0 Å². The van der Waals surface area contributed by atoms with Gasteiger partial charge in [-0.25, -0.2) is 0 Å². The quantitative estimate of drug-likeness (QED) is 0.775. The van der Waals surface area contributed by atoms with Gasteiger partial charge in [-0.15, -0.1) is 0 Å². The largest absolute Gasteiger partial charge is 0.396 e. The van der Waals surface area contributed by atoms with Crippen molar-refractivity contribution in [3.05, 3.63) is 0 Å². The van der Waals surface area contributed by atoms with Crippen LogP contribution >= 0.6 is 0 Å². The van der Waals surface area contributed by atoms with Crippen LogP contribution in [0.5, 0.6) is 0 Å². The zero-order valence-corrected chi connectivity index (χ0v) is 11.0. The highest BCUT2D eigenvalue weighted by Gasteiger charge is 2.37. The molecule has 0 saturated carbocycles. The SMILES string of the molecule is CC(C)(CCO)CN1CC(C(C)(C)C)C1. The summed E-state index contributed by atoms with van der Waals surface area (Å²) >= 11 is 0. The van der Waals surface area contributed by atoms with Crippen LogP contribution in [0.1, 0.15) is 41.0 Å². The second-order valence-corrected chi connectivity index (χ2v) is 6.89. The number of likely N-dealkylation sites (tertiary alicyclic amines) is 1. The standard InChI is InChI=1S/C13H27NO/c1-12(2,3)11-8-14(9-11)10-13(4,5)6-7-15/h11,15H,6-10H2,1-5H3. The van der Waals surface area contributed by atoms with Gasteiger partial charge in [-0.05, 0) is 23.2 Å². The van der Waals surface area contributed by atoms with Gasteiger partial charge in [0.2, 0.25) is 0 Å². The molecule has 0 atom stereocenters. The van der Waals surface area contributed by atoms with E-state index in [2.05, 4.69) is 39.5 Å². The molecule has 1 aliphatic rings. The monoisotopic (exact) mass is 213 g/mol. The van der Waals surface area contributed by atoms with Crippen LogP contribution in [0.3, 0.4) is 0 Å². The Bertz CT molecular complexity index is 199. The smallest absolute Gasteiger partial charge is 0.0436 e. The average molecular weight is 213 g/mol. The van der Waals surface area contributed by atoms with Crippen molar-refractivity contribution < 1.29 is 5.11 Å². The predicted octanol–water partition coefficient (Wildman–Crippen LogP) is 2.37. The van der Waals surface area contributed by atoms with Crippen LogP contribution in [0, 0.1) is 16.7 Å². The van der Waals surface area contributed by atoms with Gasteiger partial charge in [-0.2, -0.15) is 0 Å². The third-order valence-electron chi connectivity index (χ3n) is 3.62. The number of aliphatic hydroxyl groups excluding tert-OH is 1. The van der Waals surface area contributed by atoms with Gasteiger partial charge in [0.15, 0.2) is 0 Å². The second kappa shape index (κ2) is 4.42. The van der Waals surface area contributed by atoms with Crippen molar-refractivity contribution in [1.29, 1.82) is 0 Å². The fourth-order valence-electron chi connectivity index (χ4n) is 2.23. The first-order valence-corrected chi connectivity index (χ1v) is 6.08. The van der Waals surface area contributed by atoms with Crippen LogP contribution in [0.15, 0.2) is 0 Å². The fourth-order valence-corrected chi connectivity index (χ4v) is 2.23. The molecule has 0 aromatic rings. The molecule has 0 unspecified atom stereocenters. The lowest BCUT2D eigenvalue weighted by atomic mass is 9.75. The Kier molecular flexibility index (Phi) is 3.83. The molecule has 1 fully saturated rings. The fraction of sp³-hybridized carbons (Fsp3) is 1.00. The molecule has 15 heavy (non-hydrogen) atoms. The van der Waals surface area contributed by atoms with Gasteiger partial charge in [0, 0.05) is 26.2 Å². The Labute approximate surface area is 94.7 Å². The van der Waals surface area contributed by atoms with E-state index >= 15 is 0 Å². The first kappa shape index (κ1) is 13.0. The van der Waals surface area contributed by atoms with Gasteiger partial charge in [0.05, 0.1) is 0 Å². The molecule has 1 aliphatic heterocycles. The van der Waals surface area contributed by atoms with Crippen LogP contribution in [-0.4, -0.2) is 36.2 Å². The minimum absolute atomic E-state index is 0.262. The highest BCUT2D eigenvalue weighted by Crippen LogP contribution is 2.35. The topological polar surface area (TPSA) is 23.5 Å². The summed E-state index contributed by atoms with van der Waals surface area (Å²) in [6.45, 7) is 15.4. The van der Waals surface area contributed by atoms with Crippen LogP contribution < -0.4 is 0 Å². The summed E-state index contributed by atoms with van der Waals surface area (Å²) < 4.78 is 0. The van der Waals surface area contributed by atoms with Crippen LogP contribution in [0.25, 0.3) is 0 Å². The van der Waals surface area contributed by atoms with Gasteiger partial charge in [0.1, 0.15) is 0 Å². The van der Waals surface area contributed by atoms with E-state index in [4.69, 9.17) is 5.11 Å². The van der Waals surface area contributed by atoms with Crippen molar-refractivity contribution >= 4 is 0 Å². The van der Waals surface area contributed by atoms with Crippen molar-refractivity contribution in [1.82, 2.24) is 4.90 Å². The first-order chi connectivity index (χ1) is 6.74. The van der Waals surface area contributed by atoms with Gasteiger partial charge < -0.3 is 10.0 Å². The predicted molar refractivity (Wildman–Crippen MR) is 64.9 cm³/mol. The minimum Gasteiger partial charge on any atom is -0.396 e. The highest BCUT2D eigenvalue weighted by atomic mass is 16.3. The van der Waals surface area contributed by atoms with Gasteiger partial charge in [-0.1, -0.05) is 34.6 Å². The van der Waals surface area contributed by atoms with E-state index in [1.807, 2.05) is 0 Å². The molecular formula is C13H27NO. The Morgan fingerprint density at radius 2 is 1.67 bits per heavy atom. The molecule has 2 nitrogen and oxygen atoms in total. The third-order valence-corrected chi connectivity index (χ3v) is 3.62. The summed E-state index contributed by atoms with van der Waals surface area (Å²) in [5.41, 5.74) is 0.717. The molecule has 0 aromatic carbocycles. The van der Waals surface area contributed by atoms with Gasteiger partial charge in [0.25, 0.3) is 0 Å². The Balaban J connectivity index is 2.28. The van der Waals surface area contributed by atoms with E-state index in [1.54, 1.807) is 0 Å². The summed E-state index contributed by atoms with van der Waals surface area (Å²) in [6, 6.07) is 0. The summed E-state index contributed by atoms with van der Waals surface area (Å²) in [4.78, 5) is 2.52. The molecule has 0 bridgehead atoms. The molecule has 0 radical (unpaired) electrons. The number of hydrogen-bond acceptors (Lipinski definition) is 2. The maximum atomic E-state index is 8.97. The van der Waals surface area contributed by atoms with Crippen molar-refractivity contribution in [2.75, 3.05) is 26.2 Å². The summed E-state index contributed by atoms with van der Waals surface area (Å²) in [7, 11) is 0. The molecule has 1 heterocycles. The maximum Gasteiger partial charge on any atom is 0.0436 e. The van der Waals surface area contributed by atoms with E-state index in [-0.39, 0.29) is 5.41 Å². The molecule has 90 valence electrons. The number of rotatable bonds is 4. The lowest BCUT2D eigenvalue weighted by molar-refractivity contribution is -0.00376. The number of nitrogens with zero attached hydrogens (tertiary/aromatic N) is 1. The molecule has 1 saturated heterocycles. The summed E-state index contributed by atoms with van der Waals surface area (Å²) in [5, 5.41) is 8.97. The molecular weight excluding hydrogens is 186 g/mol. The number of hydrogen-bond donors (Lipinski definition) is 1. The Hall–Kier alpha value is -0.0800. The lowest BCUT2D eigenvalue weighted by Crippen LogP contribution is -2.54. The van der Waals surface area contributed by atoms with Crippen LogP contribution in [-0.2, 0) is 0 Å². The first-order valence-electron chi connectivity index (χ1n) is 6.08. The molecule has 0 aromatic heterocycles. The normalized spacial score (nSPS) is 20.4. The van der Waals surface area contributed by atoms with Crippen molar-refractivity contribution in [3.63, 3.8) is 0 Å². The van der Waals surface area contributed by atoms with E-state index in [0.717, 1.165) is 18.9 Å². The van der Waals surface area contributed by atoms with Crippen molar-refractivity contribution in [3.8, 4) is 0 Å². The molecule has 0 amide bonds. The van der Waals surface area contributed by atoms with E-state index in [0.29, 0.717) is 12.0 Å². The highest BCUT2D eigenvalue weighted by molar-refractivity contribution is 4.90. The molecule has 0 spiro atoms. The van der Waals surface area contributed by atoms with Crippen LogP contribution in [0.4, 0.5) is 0 Å². The molecule has 0 aliphatic carbocycles. The average Bonchev–Trinajstić information content (AvgIpc) is 1.93. The minimum atomic E-state index is 0.262. The third kappa shape index (κ3) is 3.76. The van der Waals surface area contributed by atoms with E-state index < -0.39 is 0 Å². The summed E-state index contributed by atoms with van der Waals surface area (Å²) in [5.74, 6) is 0.849.